The second kappa shape index (κ2) is 3.94. The van der Waals surface area contributed by atoms with Gasteiger partial charge in [0, 0.05) is 18.9 Å². The lowest BCUT2D eigenvalue weighted by atomic mass is 10.2. The molecule has 1 aromatic heterocycles. The first-order valence-corrected chi connectivity index (χ1v) is 6.36. The smallest absolute Gasteiger partial charge is 0.227 e. The summed E-state index contributed by atoms with van der Waals surface area (Å²) in [6.45, 7) is 5.05. The Hall–Kier alpha value is -0.880. The molecule has 1 aromatic rings. The molecule has 0 spiro atoms. The van der Waals surface area contributed by atoms with Crippen LogP contribution in [0.3, 0.4) is 0 Å². The van der Waals surface area contributed by atoms with Crippen LogP contribution in [0.15, 0.2) is 17.6 Å². The third-order valence-electron chi connectivity index (χ3n) is 1.83. The zero-order valence-electron chi connectivity index (χ0n) is 9.10. The molecule has 0 amide bonds. The van der Waals surface area contributed by atoms with Gasteiger partial charge in [-0.05, 0) is 20.8 Å². The second-order valence-corrected chi connectivity index (χ2v) is 5.90. The van der Waals surface area contributed by atoms with Gasteiger partial charge >= 0.3 is 0 Å². The van der Waals surface area contributed by atoms with Crippen LogP contribution in [0.4, 0.5) is 0 Å². The molecular formula is C9H15N2O3S. The van der Waals surface area contributed by atoms with E-state index in [0.29, 0.717) is 6.54 Å². The predicted octanol–water partition coefficient (Wildman–Crippen LogP) is 0.886. The summed E-state index contributed by atoms with van der Waals surface area (Å²) in [5, 5.41) is 11.4. The SMILES string of the molecule is CCn1ccnc1S(=O)(=O)CC(C)(C)[O]. The third-order valence-corrected chi connectivity index (χ3v) is 3.81. The van der Waals surface area contributed by atoms with E-state index in [2.05, 4.69) is 4.98 Å². The fourth-order valence-electron chi connectivity index (χ4n) is 1.34. The summed E-state index contributed by atoms with van der Waals surface area (Å²) in [5.74, 6) is -0.434. The molecule has 0 N–H and O–H groups in total. The summed E-state index contributed by atoms with van der Waals surface area (Å²) >= 11 is 0. The quantitative estimate of drug-likeness (QED) is 0.772. The van der Waals surface area contributed by atoms with E-state index in [9.17, 15) is 13.5 Å². The minimum absolute atomic E-state index is 0.0195. The van der Waals surface area contributed by atoms with Gasteiger partial charge in [0.1, 0.15) is 5.60 Å². The molecule has 0 saturated heterocycles. The first-order chi connectivity index (χ1) is 6.76. The summed E-state index contributed by atoms with van der Waals surface area (Å²) in [4.78, 5) is 3.78. The Labute approximate surface area is 89.7 Å². The Balaban J connectivity index is 3.07. The molecule has 0 aliphatic rings. The van der Waals surface area contributed by atoms with E-state index in [-0.39, 0.29) is 5.16 Å². The molecule has 0 atom stereocenters. The van der Waals surface area contributed by atoms with Crippen LogP contribution in [0.5, 0.6) is 0 Å². The van der Waals surface area contributed by atoms with Crippen molar-refractivity contribution in [3.63, 3.8) is 0 Å². The molecule has 0 aliphatic carbocycles. The Bertz CT molecular complexity index is 428. The maximum Gasteiger partial charge on any atom is 0.227 e. The number of aryl methyl sites for hydroxylation is 1. The van der Waals surface area contributed by atoms with Crippen molar-refractivity contribution >= 4 is 9.84 Å². The molecule has 0 saturated carbocycles. The Morgan fingerprint density at radius 2 is 2.07 bits per heavy atom. The number of hydrogen-bond acceptors (Lipinski definition) is 3. The average Bonchev–Trinajstić information content (AvgIpc) is 2.46. The third kappa shape index (κ3) is 3.04. The van der Waals surface area contributed by atoms with Gasteiger partial charge in [0.05, 0.1) is 5.75 Å². The maximum absolute atomic E-state index is 11.8. The first-order valence-electron chi connectivity index (χ1n) is 4.70. The predicted molar refractivity (Wildman–Crippen MR) is 54.7 cm³/mol. The highest BCUT2D eigenvalue weighted by molar-refractivity contribution is 7.91. The first kappa shape index (κ1) is 12.2. The summed E-state index contributed by atoms with van der Waals surface area (Å²) in [7, 11) is -3.58. The van der Waals surface area contributed by atoms with Gasteiger partial charge < -0.3 is 4.57 Å². The molecule has 5 nitrogen and oxygen atoms in total. The largest absolute Gasteiger partial charge is 0.322 e. The molecule has 1 heterocycles. The van der Waals surface area contributed by atoms with E-state index in [1.165, 1.54) is 24.6 Å². The second-order valence-electron chi connectivity index (χ2n) is 4.01. The topological polar surface area (TPSA) is 71.9 Å². The van der Waals surface area contributed by atoms with Crippen molar-refractivity contribution < 1.29 is 13.5 Å². The highest BCUT2D eigenvalue weighted by Gasteiger charge is 2.29. The van der Waals surface area contributed by atoms with Gasteiger partial charge in [0.2, 0.25) is 15.0 Å². The summed E-state index contributed by atoms with van der Waals surface area (Å²) in [6, 6.07) is 0. The average molecular weight is 231 g/mol. The van der Waals surface area contributed by atoms with Crippen molar-refractivity contribution in [2.75, 3.05) is 5.75 Å². The molecule has 0 bridgehead atoms. The highest BCUT2D eigenvalue weighted by Crippen LogP contribution is 2.15. The summed E-state index contributed by atoms with van der Waals surface area (Å²) in [6.07, 6.45) is 3.01. The Morgan fingerprint density at radius 1 is 1.47 bits per heavy atom. The number of nitrogens with zero attached hydrogens (tertiary/aromatic N) is 2. The van der Waals surface area contributed by atoms with Crippen LogP contribution in [0.25, 0.3) is 0 Å². The van der Waals surface area contributed by atoms with Crippen LogP contribution in [-0.2, 0) is 21.5 Å². The lowest BCUT2D eigenvalue weighted by Crippen LogP contribution is -2.30. The normalized spacial score (nSPS) is 13.1. The molecule has 0 unspecified atom stereocenters. The number of hydrogen-bond donors (Lipinski definition) is 0. The van der Waals surface area contributed by atoms with Crippen molar-refractivity contribution in [3.8, 4) is 0 Å². The molecule has 85 valence electrons. The van der Waals surface area contributed by atoms with Crippen LogP contribution < -0.4 is 0 Å². The van der Waals surface area contributed by atoms with Crippen molar-refractivity contribution in [2.24, 2.45) is 0 Å². The minimum Gasteiger partial charge on any atom is -0.322 e. The molecule has 0 fully saturated rings. The van der Waals surface area contributed by atoms with E-state index in [1.54, 1.807) is 6.20 Å². The molecule has 0 aliphatic heterocycles. The van der Waals surface area contributed by atoms with Gasteiger partial charge in [-0.1, -0.05) is 0 Å². The zero-order chi connectivity index (χ0) is 11.7. The number of aromatic nitrogens is 2. The van der Waals surface area contributed by atoms with Gasteiger partial charge in [-0.2, -0.15) is 0 Å². The minimum atomic E-state index is -3.58. The van der Waals surface area contributed by atoms with Crippen LogP contribution in [-0.4, -0.2) is 29.3 Å². The summed E-state index contributed by atoms with van der Waals surface area (Å²) in [5.41, 5.74) is -1.50. The van der Waals surface area contributed by atoms with Gasteiger partial charge in [-0.15, -0.1) is 0 Å². The van der Waals surface area contributed by atoms with E-state index in [4.69, 9.17) is 0 Å². The monoisotopic (exact) mass is 231 g/mol. The molecule has 15 heavy (non-hydrogen) atoms. The molecule has 1 rings (SSSR count). The van der Waals surface area contributed by atoms with Crippen molar-refractivity contribution in [1.82, 2.24) is 9.55 Å². The van der Waals surface area contributed by atoms with Crippen LogP contribution in [0, 0.1) is 0 Å². The number of rotatable bonds is 4. The van der Waals surface area contributed by atoms with Crippen LogP contribution >= 0.6 is 0 Å². The van der Waals surface area contributed by atoms with E-state index in [1.807, 2.05) is 6.92 Å². The zero-order valence-corrected chi connectivity index (χ0v) is 9.91. The molecule has 6 heteroatoms. The number of imidazole rings is 1. The van der Waals surface area contributed by atoms with E-state index in [0.717, 1.165) is 0 Å². The van der Waals surface area contributed by atoms with Crippen molar-refractivity contribution in [2.45, 2.75) is 38.1 Å². The lowest BCUT2D eigenvalue weighted by molar-refractivity contribution is 0.0248. The fraction of sp³-hybridized carbons (Fsp3) is 0.667. The lowest BCUT2D eigenvalue weighted by Gasteiger charge is -2.14. The maximum atomic E-state index is 11.8. The number of sulfone groups is 1. The van der Waals surface area contributed by atoms with Crippen molar-refractivity contribution in [3.05, 3.63) is 12.4 Å². The summed E-state index contributed by atoms with van der Waals surface area (Å²) < 4.78 is 25.1. The van der Waals surface area contributed by atoms with Gasteiger partial charge in [0.25, 0.3) is 0 Å². The fourth-order valence-corrected chi connectivity index (χ4v) is 3.15. The van der Waals surface area contributed by atoms with Gasteiger partial charge in [-0.25, -0.2) is 18.5 Å². The molecule has 0 aromatic carbocycles. The van der Waals surface area contributed by atoms with E-state index >= 15 is 0 Å². The van der Waals surface area contributed by atoms with Gasteiger partial charge in [0.15, 0.2) is 0 Å². The van der Waals surface area contributed by atoms with Gasteiger partial charge in [-0.3, -0.25) is 0 Å². The Kier molecular flexibility index (Phi) is 3.20. The van der Waals surface area contributed by atoms with Crippen LogP contribution in [0.2, 0.25) is 0 Å². The van der Waals surface area contributed by atoms with E-state index < -0.39 is 21.2 Å². The molecule has 1 radical (unpaired) electrons. The van der Waals surface area contributed by atoms with Crippen LogP contribution in [0.1, 0.15) is 20.8 Å². The molecular weight excluding hydrogens is 216 g/mol. The van der Waals surface area contributed by atoms with Crippen molar-refractivity contribution in [1.29, 1.82) is 0 Å². The standard InChI is InChI=1S/C9H15N2O3S/c1-4-11-6-5-10-8(11)15(13,14)7-9(2,3)12/h5-6H,4,7H2,1-3H3. The highest BCUT2D eigenvalue weighted by atomic mass is 32.2. The Morgan fingerprint density at radius 3 is 2.53 bits per heavy atom.